The normalized spacial score (nSPS) is 13.6. The lowest BCUT2D eigenvalue weighted by molar-refractivity contribution is -0.123. The van der Waals surface area contributed by atoms with Crippen molar-refractivity contribution in [3.05, 3.63) is 24.3 Å². The Labute approximate surface area is 224 Å². The Kier molecular flexibility index (Phi) is 27.5. The lowest BCUT2D eigenvalue weighted by Crippen LogP contribution is -2.45. The van der Waals surface area contributed by atoms with Gasteiger partial charge in [0.1, 0.15) is 0 Å². The van der Waals surface area contributed by atoms with Crippen LogP contribution in [0.5, 0.6) is 0 Å². The van der Waals surface area contributed by atoms with Crippen molar-refractivity contribution in [3.8, 4) is 0 Å². The Bertz CT molecular complexity index is 518. The monoisotopic (exact) mass is 507 g/mol. The first-order valence-corrected chi connectivity index (χ1v) is 15.6. The van der Waals surface area contributed by atoms with Crippen molar-refractivity contribution in [1.29, 1.82) is 0 Å². The molecule has 1 amide bonds. The number of carbonyl (C=O) groups excluding carboxylic acids is 1. The summed E-state index contributed by atoms with van der Waals surface area (Å²) in [6.07, 6.45) is 33.9. The third-order valence-corrected chi connectivity index (χ3v) is 6.93. The number of allylic oxidation sites excluding steroid dienone is 3. The van der Waals surface area contributed by atoms with Crippen LogP contribution >= 0.6 is 0 Å². The molecular formula is C32H61NO3. The molecule has 0 heterocycles. The Morgan fingerprint density at radius 3 is 1.61 bits per heavy atom. The number of nitrogens with one attached hydrogen (secondary N) is 1. The molecule has 212 valence electrons. The van der Waals surface area contributed by atoms with E-state index in [1.165, 1.54) is 96.3 Å². The maximum absolute atomic E-state index is 12.2. The molecule has 0 aromatic heterocycles. The fourth-order valence-electron chi connectivity index (χ4n) is 4.45. The minimum atomic E-state index is -0.836. The maximum atomic E-state index is 12.2. The molecule has 0 radical (unpaired) electrons. The molecule has 4 heteroatoms. The van der Waals surface area contributed by atoms with Crippen LogP contribution in [-0.2, 0) is 4.79 Å². The fraction of sp³-hybridized carbons (Fsp3) is 0.844. The van der Waals surface area contributed by atoms with E-state index in [9.17, 15) is 15.0 Å². The molecule has 2 atom stereocenters. The summed E-state index contributed by atoms with van der Waals surface area (Å²) in [7, 11) is 0. The fourth-order valence-corrected chi connectivity index (χ4v) is 4.45. The number of hydrogen-bond acceptors (Lipinski definition) is 3. The number of hydrogen-bond donors (Lipinski definition) is 3. The van der Waals surface area contributed by atoms with E-state index in [2.05, 4.69) is 31.3 Å². The molecule has 0 aromatic rings. The lowest BCUT2D eigenvalue weighted by atomic mass is 10.0. The number of amides is 1. The number of aliphatic hydroxyl groups is 2. The van der Waals surface area contributed by atoms with Crippen molar-refractivity contribution >= 4 is 5.91 Å². The number of aliphatic hydroxyl groups excluding tert-OH is 2. The topological polar surface area (TPSA) is 69.6 Å². The van der Waals surface area contributed by atoms with Gasteiger partial charge in [-0.3, -0.25) is 4.79 Å². The molecule has 4 nitrogen and oxygen atoms in total. The number of carbonyl (C=O) groups is 1. The van der Waals surface area contributed by atoms with E-state index < -0.39 is 12.1 Å². The molecule has 3 N–H and O–H groups in total. The molecule has 0 saturated carbocycles. The lowest BCUT2D eigenvalue weighted by Gasteiger charge is -2.20. The van der Waals surface area contributed by atoms with Gasteiger partial charge in [-0.15, -0.1) is 0 Å². The Morgan fingerprint density at radius 1 is 0.639 bits per heavy atom. The minimum absolute atomic E-state index is 0.0780. The average molecular weight is 508 g/mol. The van der Waals surface area contributed by atoms with Crippen LogP contribution in [-0.4, -0.2) is 34.9 Å². The first-order valence-electron chi connectivity index (χ1n) is 15.6. The zero-order valence-corrected chi connectivity index (χ0v) is 24.0. The summed E-state index contributed by atoms with van der Waals surface area (Å²) < 4.78 is 0. The van der Waals surface area contributed by atoms with E-state index in [-0.39, 0.29) is 12.5 Å². The van der Waals surface area contributed by atoms with E-state index >= 15 is 0 Å². The van der Waals surface area contributed by atoms with Gasteiger partial charge in [-0.2, -0.15) is 0 Å². The van der Waals surface area contributed by atoms with E-state index in [1.54, 1.807) is 6.08 Å². The van der Waals surface area contributed by atoms with Gasteiger partial charge in [0.2, 0.25) is 5.91 Å². The van der Waals surface area contributed by atoms with Gasteiger partial charge in [-0.25, -0.2) is 0 Å². The second kappa shape index (κ2) is 28.4. The van der Waals surface area contributed by atoms with Crippen molar-refractivity contribution in [2.24, 2.45) is 0 Å². The number of unbranched alkanes of at least 4 members (excludes halogenated alkanes) is 18. The summed E-state index contributed by atoms with van der Waals surface area (Å²) in [5, 5.41) is 22.7. The van der Waals surface area contributed by atoms with Gasteiger partial charge >= 0.3 is 0 Å². The Morgan fingerprint density at radius 2 is 1.08 bits per heavy atom. The van der Waals surface area contributed by atoms with Crippen molar-refractivity contribution in [2.45, 2.75) is 167 Å². The molecule has 36 heavy (non-hydrogen) atoms. The maximum Gasteiger partial charge on any atom is 0.220 e. The SMILES string of the molecule is CCCC/C=C\CCCCCCCC(=O)NC(CO)C(O)/C=C/CCCCCCCCCCCCC. The number of rotatable bonds is 27. The molecule has 0 rings (SSSR count). The molecule has 0 fully saturated rings. The van der Waals surface area contributed by atoms with Gasteiger partial charge in [0.05, 0.1) is 18.8 Å². The second-order valence-corrected chi connectivity index (χ2v) is 10.5. The van der Waals surface area contributed by atoms with Crippen molar-refractivity contribution in [1.82, 2.24) is 5.32 Å². The van der Waals surface area contributed by atoms with E-state index in [0.29, 0.717) is 6.42 Å². The highest BCUT2D eigenvalue weighted by Gasteiger charge is 2.17. The summed E-state index contributed by atoms with van der Waals surface area (Å²) in [6.45, 7) is 4.23. The van der Waals surface area contributed by atoms with Gasteiger partial charge in [-0.1, -0.05) is 134 Å². The highest BCUT2D eigenvalue weighted by Crippen LogP contribution is 2.12. The van der Waals surface area contributed by atoms with Gasteiger partial charge in [0, 0.05) is 6.42 Å². The van der Waals surface area contributed by atoms with Crippen LogP contribution in [0.1, 0.15) is 155 Å². The smallest absolute Gasteiger partial charge is 0.220 e. The summed E-state index contributed by atoms with van der Waals surface area (Å²) in [6, 6.07) is -0.620. The first kappa shape index (κ1) is 34.9. The highest BCUT2D eigenvalue weighted by atomic mass is 16.3. The van der Waals surface area contributed by atoms with Crippen LogP contribution < -0.4 is 5.32 Å². The Hall–Kier alpha value is -1.13. The summed E-state index contributed by atoms with van der Waals surface area (Å²) in [4.78, 5) is 12.2. The molecule has 0 aliphatic heterocycles. The van der Waals surface area contributed by atoms with E-state index in [4.69, 9.17) is 0 Å². The predicted molar refractivity (Wildman–Crippen MR) is 156 cm³/mol. The third-order valence-electron chi connectivity index (χ3n) is 6.93. The molecular weight excluding hydrogens is 446 g/mol. The quantitative estimate of drug-likeness (QED) is 0.0770. The molecule has 0 bridgehead atoms. The van der Waals surface area contributed by atoms with Crippen LogP contribution in [0.25, 0.3) is 0 Å². The van der Waals surface area contributed by atoms with Gasteiger partial charge in [0.25, 0.3) is 0 Å². The van der Waals surface area contributed by atoms with Gasteiger partial charge in [0.15, 0.2) is 0 Å². The zero-order valence-electron chi connectivity index (χ0n) is 24.0. The molecule has 0 aliphatic carbocycles. The van der Waals surface area contributed by atoms with Crippen LogP contribution in [0.4, 0.5) is 0 Å². The van der Waals surface area contributed by atoms with Gasteiger partial charge < -0.3 is 15.5 Å². The average Bonchev–Trinajstić information content (AvgIpc) is 2.88. The molecule has 0 saturated heterocycles. The van der Waals surface area contributed by atoms with Crippen molar-refractivity contribution in [3.63, 3.8) is 0 Å². The molecule has 0 spiro atoms. The van der Waals surface area contributed by atoms with Crippen molar-refractivity contribution in [2.75, 3.05) is 6.61 Å². The molecule has 0 aliphatic rings. The second-order valence-electron chi connectivity index (χ2n) is 10.5. The van der Waals surface area contributed by atoms with Crippen LogP contribution in [0.15, 0.2) is 24.3 Å². The van der Waals surface area contributed by atoms with Gasteiger partial charge in [-0.05, 0) is 38.5 Å². The molecule has 2 unspecified atom stereocenters. The van der Waals surface area contributed by atoms with Crippen LogP contribution in [0.3, 0.4) is 0 Å². The van der Waals surface area contributed by atoms with E-state index in [1.807, 2.05) is 6.08 Å². The zero-order chi connectivity index (χ0) is 26.5. The largest absolute Gasteiger partial charge is 0.394 e. The van der Waals surface area contributed by atoms with Crippen LogP contribution in [0, 0.1) is 0 Å². The summed E-state index contributed by atoms with van der Waals surface area (Å²) >= 11 is 0. The standard InChI is InChI=1S/C32H61NO3/c1-3-5-7-9-11-13-15-16-18-19-21-23-25-27-31(35)30(29-34)33-32(36)28-26-24-22-20-17-14-12-10-8-6-4-2/h10,12,25,27,30-31,34-35H,3-9,11,13-24,26,28-29H2,1-2H3,(H,33,36)/b12-10-,27-25+. The van der Waals surface area contributed by atoms with E-state index in [0.717, 1.165) is 38.5 Å². The summed E-state index contributed by atoms with van der Waals surface area (Å²) in [5.74, 6) is -0.0780. The first-order chi connectivity index (χ1) is 17.7. The van der Waals surface area contributed by atoms with Crippen molar-refractivity contribution < 1.29 is 15.0 Å². The minimum Gasteiger partial charge on any atom is -0.394 e. The predicted octanol–water partition coefficient (Wildman–Crippen LogP) is 8.56. The Balaban J connectivity index is 3.70. The third kappa shape index (κ3) is 24.6. The van der Waals surface area contributed by atoms with Crippen LogP contribution in [0.2, 0.25) is 0 Å². The molecule has 0 aromatic carbocycles. The highest BCUT2D eigenvalue weighted by molar-refractivity contribution is 5.76. The summed E-state index contributed by atoms with van der Waals surface area (Å²) in [5.41, 5.74) is 0.